The molecule has 0 N–H and O–H groups in total. The Hall–Kier alpha value is -0.610. The lowest BCUT2D eigenvalue weighted by Gasteiger charge is -2.05. The fourth-order valence-corrected chi connectivity index (χ4v) is 1.88. The minimum atomic E-state index is -0.700. The lowest BCUT2D eigenvalue weighted by Crippen LogP contribution is -2.08. The van der Waals surface area contributed by atoms with Gasteiger partial charge < -0.3 is 4.74 Å². The van der Waals surface area contributed by atoms with E-state index in [-0.39, 0.29) is 17.2 Å². The van der Waals surface area contributed by atoms with Crippen molar-refractivity contribution in [3.05, 3.63) is 33.0 Å². The van der Waals surface area contributed by atoms with Crippen LogP contribution in [0, 0.1) is 5.82 Å². The average Bonchev–Trinajstić information content (AvgIpc) is 2.01. The van der Waals surface area contributed by atoms with Gasteiger partial charge in [-0.15, -0.1) is 0 Å². The van der Waals surface area contributed by atoms with Gasteiger partial charge in [0.25, 0.3) is 0 Å². The first-order chi connectivity index (χ1) is 6.56. The summed E-state index contributed by atoms with van der Waals surface area (Å²) in [5.41, 5.74) is -0.128. The van der Waals surface area contributed by atoms with Crippen molar-refractivity contribution in [3.8, 4) is 0 Å². The molecular formula is C9H7BrClFO2. The number of hydrogen-bond donors (Lipinski definition) is 0. The summed E-state index contributed by atoms with van der Waals surface area (Å²) in [7, 11) is 0. The lowest BCUT2D eigenvalue weighted by atomic mass is 10.2. The number of esters is 1. The van der Waals surface area contributed by atoms with Gasteiger partial charge in [-0.05, 0) is 35.0 Å². The quantitative estimate of drug-likeness (QED) is 0.777. The van der Waals surface area contributed by atoms with E-state index in [2.05, 4.69) is 20.7 Å². The van der Waals surface area contributed by atoms with Gasteiger partial charge in [-0.1, -0.05) is 11.6 Å². The maximum Gasteiger partial charge on any atom is 0.342 e. The molecule has 0 amide bonds. The molecule has 0 aromatic heterocycles. The third kappa shape index (κ3) is 2.45. The van der Waals surface area contributed by atoms with Gasteiger partial charge in [0.1, 0.15) is 11.4 Å². The van der Waals surface area contributed by atoms with Crippen molar-refractivity contribution in [1.29, 1.82) is 0 Å². The number of benzene rings is 1. The minimum absolute atomic E-state index is 0.128. The van der Waals surface area contributed by atoms with Crippen LogP contribution in [0.3, 0.4) is 0 Å². The van der Waals surface area contributed by atoms with Gasteiger partial charge >= 0.3 is 5.97 Å². The summed E-state index contributed by atoms with van der Waals surface area (Å²) in [5.74, 6) is -1.39. The van der Waals surface area contributed by atoms with Crippen molar-refractivity contribution in [2.45, 2.75) is 6.92 Å². The molecule has 5 heteroatoms. The van der Waals surface area contributed by atoms with Crippen LogP contribution in [0.15, 0.2) is 16.6 Å². The fourth-order valence-electron chi connectivity index (χ4n) is 0.940. The van der Waals surface area contributed by atoms with Crippen molar-refractivity contribution in [1.82, 2.24) is 0 Å². The second-order valence-electron chi connectivity index (χ2n) is 2.46. The Labute approximate surface area is 94.1 Å². The van der Waals surface area contributed by atoms with Gasteiger partial charge in [0, 0.05) is 9.50 Å². The molecule has 1 rings (SSSR count). The molecule has 1 aromatic rings. The first kappa shape index (κ1) is 11.5. The Kier molecular flexibility index (Phi) is 3.89. The summed E-state index contributed by atoms with van der Waals surface area (Å²) >= 11 is 8.63. The predicted molar refractivity (Wildman–Crippen MR) is 55.1 cm³/mol. The second kappa shape index (κ2) is 4.75. The zero-order chi connectivity index (χ0) is 10.7. The van der Waals surface area contributed by atoms with E-state index in [0.717, 1.165) is 6.07 Å². The van der Waals surface area contributed by atoms with Gasteiger partial charge in [0.15, 0.2) is 0 Å². The van der Waals surface area contributed by atoms with Gasteiger partial charge in [-0.2, -0.15) is 0 Å². The molecule has 1 aromatic carbocycles. The number of ether oxygens (including phenoxy) is 1. The third-order valence-electron chi connectivity index (χ3n) is 1.49. The minimum Gasteiger partial charge on any atom is -0.462 e. The highest BCUT2D eigenvalue weighted by atomic mass is 79.9. The summed E-state index contributed by atoms with van der Waals surface area (Å²) in [5, 5.41) is 0.224. The van der Waals surface area contributed by atoms with E-state index in [4.69, 9.17) is 11.6 Å². The molecule has 0 aliphatic carbocycles. The van der Waals surface area contributed by atoms with E-state index in [1.54, 1.807) is 6.92 Å². The first-order valence-electron chi connectivity index (χ1n) is 3.88. The molecule has 0 bridgehead atoms. The maximum atomic E-state index is 13.3. The normalized spacial score (nSPS) is 10.0. The first-order valence-corrected chi connectivity index (χ1v) is 5.05. The van der Waals surface area contributed by atoms with Crippen LogP contribution >= 0.6 is 27.5 Å². The van der Waals surface area contributed by atoms with Crippen LogP contribution in [0.5, 0.6) is 0 Å². The number of carbonyl (C=O) groups excluding carboxylic acids is 1. The van der Waals surface area contributed by atoms with Crippen molar-refractivity contribution in [2.24, 2.45) is 0 Å². The molecule has 0 atom stereocenters. The van der Waals surface area contributed by atoms with Crippen molar-refractivity contribution in [2.75, 3.05) is 6.61 Å². The van der Waals surface area contributed by atoms with E-state index < -0.39 is 11.8 Å². The summed E-state index contributed by atoms with van der Waals surface area (Å²) in [4.78, 5) is 11.3. The molecule has 0 fully saturated rings. The van der Waals surface area contributed by atoms with Crippen LogP contribution in [0.4, 0.5) is 4.39 Å². The Morgan fingerprint density at radius 2 is 2.29 bits per heavy atom. The topological polar surface area (TPSA) is 26.3 Å². The molecule has 0 saturated carbocycles. The van der Waals surface area contributed by atoms with Crippen LogP contribution in [0.2, 0.25) is 5.02 Å². The zero-order valence-electron chi connectivity index (χ0n) is 7.31. The van der Waals surface area contributed by atoms with Crippen molar-refractivity contribution in [3.63, 3.8) is 0 Å². The molecular weight excluding hydrogens is 274 g/mol. The van der Waals surface area contributed by atoms with Crippen molar-refractivity contribution < 1.29 is 13.9 Å². The van der Waals surface area contributed by atoms with Gasteiger partial charge in [0.05, 0.1) is 6.61 Å². The monoisotopic (exact) mass is 280 g/mol. The third-order valence-corrected chi connectivity index (χ3v) is 2.33. The number of hydrogen-bond acceptors (Lipinski definition) is 2. The van der Waals surface area contributed by atoms with Crippen LogP contribution in [-0.2, 0) is 4.74 Å². The highest BCUT2D eigenvalue weighted by Gasteiger charge is 2.17. The van der Waals surface area contributed by atoms with Gasteiger partial charge in [0.2, 0.25) is 0 Å². The molecule has 14 heavy (non-hydrogen) atoms. The Bertz CT molecular complexity index is 345. The van der Waals surface area contributed by atoms with Crippen LogP contribution in [-0.4, -0.2) is 12.6 Å². The van der Waals surface area contributed by atoms with E-state index in [9.17, 15) is 9.18 Å². The van der Waals surface area contributed by atoms with Gasteiger partial charge in [-0.25, -0.2) is 9.18 Å². The van der Waals surface area contributed by atoms with Gasteiger partial charge in [-0.3, -0.25) is 0 Å². The maximum absolute atomic E-state index is 13.3. The Balaban J connectivity index is 3.14. The summed E-state index contributed by atoms with van der Waals surface area (Å²) in [6.07, 6.45) is 0. The average molecular weight is 282 g/mol. The van der Waals surface area contributed by atoms with E-state index in [1.807, 2.05) is 0 Å². The number of rotatable bonds is 2. The molecule has 0 heterocycles. The second-order valence-corrected chi connectivity index (χ2v) is 3.76. The summed E-state index contributed by atoms with van der Waals surface area (Å²) < 4.78 is 18.2. The SMILES string of the molecule is CCOC(=O)c1c(F)cc(Cl)cc1Br. The predicted octanol–water partition coefficient (Wildman–Crippen LogP) is 3.42. The molecule has 0 aliphatic heterocycles. The zero-order valence-corrected chi connectivity index (χ0v) is 9.65. The highest BCUT2D eigenvalue weighted by molar-refractivity contribution is 9.10. The largest absolute Gasteiger partial charge is 0.462 e. The highest BCUT2D eigenvalue weighted by Crippen LogP contribution is 2.25. The summed E-state index contributed by atoms with van der Waals surface area (Å²) in [6, 6.07) is 2.51. The molecule has 0 unspecified atom stereocenters. The van der Waals surface area contributed by atoms with Crippen LogP contribution < -0.4 is 0 Å². The molecule has 0 spiro atoms. The smallest absolute Gasteiger partial charge is 0.342 e. The van der Waals surface area contributed by atoms with E-state index in [0.29, 0.717) is 4.47 Å². The summed E-state index contributed by atoms with van der Waals surface area (Å²) in [6.45, 7) is 1.85. The number of halogens is 3. The molecule has 0 saturated heterocycles. The Morgan fingerprint density at radius 1 is 1.64 bits per heavy atom. The van der Waals surface area contributed by atoms with Crippen molar-refractivity contribution >= 4 is 33.5 Å². The molecule has 2 nitrogen and oxygen atoms in total. The fraction of sp³-hybridized carbons (Fsp3) is 0.222. The van der Waals surface area contributed by atoms with E-state index in [1.165, 1.54) is 6.07 Å². The van der Waals surface area contributed by atoms with Crippen LogP contribution in [0.25, 0.3) is 0 Å². The lowest BCUT2D eigenvalue weighted by molar-refractivity contribution is 0.0520. The number of carbonyl (C=O) groups is 1. The molecule has 76 valence electrons. The Morgan fingerprint density at radius 3 is 2.79 bits per heavy atom. The molecule has 0 radical (unpaired) electrons. The standard InChI is InChI=1S/C9H7BrClFO2/c1-2-14-9(13)8-6(10)3-5(11)4-7(8)12/h3-4H,2H2,1H3. The van der Waals surface area contributed by atoms with Crippen LogP contribution in [0.1, 0.15) is 17.3 Å². The molecule has 0 aliphatic rings. The van der Waals surface area contributed by atoms with E-state index >= 15 is 0 Å².